The van der Waals surface area contributed by atoms with Gasteiger partial charge in [-0.2, -0.15) is 0 Å². The molecule has 1 rings (SSSR count). The molecule has 1 unspecified atom stereocenters. The van der Waals surface area contributed by atoms with Crippen molar-refractivity contribution < 1.29 is 9.84 Å². The molecule has 0 saturated carbocycles. The maximum Gasteiger partial charge on any atom is 0.124 e. The van der Waals surface area contributed by atoms with E-state index in [0.717, 1.165) is 0 Å². The topological polar surface area (TPSA) is 32.7 Å². The van der Waals surface area contributed by atoms with E-state index in [1.807, 2.05) is 32.8 Å². The fourth-order valence-electron chi connectivity index (χ4n) is 1.54. The van der Waals surface area contributed by atoms with Crippen LogP contribution in [0.4, 0.5) is 0 Å². The molecule has 0 spiro atoms. The van der Waals surface area contributed by atoms with Crippen LogP contribution in [0.3, 0.4) is 0 Å². The van der Waals surface area contributed by atoms with Crippen molar-refractivity contribution in [1.29, 1.82) is 0 Å². The molecule has 0 radical (unpaired) electrons. The third-order valence-electron chi connectivity index (χ3n) is 3.31. The van der Waals surface area contributed by atoms with Crippen molar-refractivity contribution in [3.05, 3.63) is 28.8 Å². The van der Waals surface area contributed by atoms with E-state index in [4.69, 9.17) is 16.3 Å². The van der Waals surface area contributed by atoms with Crippen molar-refractivity contribution in [2.24, 2.45) is 0 Å². The van der Waals surface area contributed by atoms with Gasteiger partial charge in [0.05, 0.1) is 7.11 Å². The van der Waals surface area contributed by atoms with Crippen molar-refractivity contribution in [2.75, 3.05) is 21.2 Å². The van der Waals surface area contributed by atoms with Crippen molar-refractivity contribution in [3.63, 3.8) is 0 Å². The van der Waals surface area contributed by atoms with Crippen molar-refractivity contribution in [1.82, 2.24) is 4.90 Å². The van der Waals surface area contributed by atoms with E-state index in [1.54, 1.807) is 25.3 Å². The van der Waals surface area contributed by atoms with Gasteiger partial charge in [-0.1, -0.05) is 11.6 Å². The number of rotatable bonds is 4. The van der Waals surface area contributed by atoms with Gasteiger partial charge in [0.15, 0.2) is 0 Å². The number of likely N-dealkylation sites (N-methyl/N-ethyl adjacent to an activating group) is 1. The van der Waals surface area contributed by atoms with Gasteiger partial charge < -0.3 is 14.7 Å². The Morgan fingerprint density at radius 3 is 2.41 bits per heavy atom. The molecule has 4 heteroatoms. The Morgan fingerprint density at radius 1 is 1.35 bits per heavy atom. The lowest BCUT2D eigenvalue weighted by atomic mass is 9.89. The number of nitrogens with zero attached hydrogens (tertiary/aromatic N) is 1. The fraction of sp³-hybridized carbons (Fsp3) is 0.538. The van der Waals surface area contributed by atoms with E-state index in [0.29, 0.717) is 16.3 Å². The van der Waals surface area contributed by atoms with Crippen LogP contribution in [-0.4, -0.2) is 36.8 Å². The molecule has 1 N–H and O–H groups in total. The molecule has 0 aliphatic heterocycles. The molecular formula is C13H20ClNO2. The van der Waals surface area contributed by atoms with Gasteiger partial charge in [0.1, 0.15) is 11.9 Å². The van der Waals surface area contributed by atoms with Crippen LogP contribution in [0.2, 0.25) is 5.02 Å². The second-order valence-electron chi connectivity index (χ2n) is 4.84. The Balaban J connectivity index is 3.19. The number of methoxy groups -OCH3 is 1. The summed E-state index contributed by atoms with van der Waals surface area (Å²) in [6.07, 6.45) is -0.675. The first-order valence-electron chi connectivity index (χ1n) is 5.49. The van der Waals surface area contributed by atoms with Crippen LogP contribution >= 0.6 is 11.6 Å². The first kappa shape index (κ1) is 14.3. The fourth-order valence-corrected chi connectivity index (χ4v) is 1.72. The Morgan fingerprint density at radius 2 is 1.94 bits per heavy atom. The summed E-state index contributed by atoms with van der Waals surface area (Å²) in [5.74, 6) is 0.650. The molecule has 3 nitrogen and oxygen atoms in total. The van der Waals surface area contributed by atoms with Gasteiger partial charge in [0, 0.05) is 16.1 Å². The third-order valence-corrected chi connectivity index (χ3v) is 3.54. The quantitative estimate of drug-likeness (QED) is 0.900. The molecule has 17 heavy (non-hydrogen) atoms. The van der Waals surface area contributed by atoms with Gasteiger partial charge in [0.2, 0.25) is 0 Å². The number of aliphatic hydroxyl groups is 1. The number of ether oxygens (including phenoxy) is 1. The van der Waals surface area contributed by atoms with Crippen LogP contribution in [-0.2, 0) is 0 Å². The smallest absolute Gasteiger partial charge is 0.124 e. The maximum absolute atomic E-state index is 10.5. The Labute approximate surface area is 108 Å². The number of halogens is 1. The largest absolute Gasteiger partial charge is 0.496 e. The summed E-state index contributed by atoms with van der Waals surface area (Å²) in [6.45, 7) is 3.94. The molecule has 1 atom stereocenters. The Bertz CT molecular complexity index is 391. The van der Waals surface area contributed by atoms with Crippen LogP contribution < -0.4 is 4.74 Å². The van der Waals surface area contributed by atoms with E-state index in [9.17, 15) is 5.11 Å². The minimum Gasteiger partial charge on any atom is -0.496 e. The van der Waals surface area contributed by atoms with E-state index < -0.39 is 11.6 Å². The second-order valence-corrected chi connectivity index (χ2v) is 5.27. The molecule has 0 fully saturated rings. The molecule has 0 aliphatic rings. The summed E-state index contributed by atoms with van der Waals surface area (Å²) in [5, 5.41) is 11.1. The zero-order valence-corrected chi connectivity index (χ0v) is 11.7. The molecule has 0 bridgehead atoms. The van der Waals surface area contributed by atoms with Crippen molar-refractivity contribution in [2.45, 2.75) is 25.5 Å². The average Bonchev–Trinajstić information content (AvgIpc) is 2.27. The molecule has 1 aromatic carbocycles. The van der Waals surface area contributed by atoms with Gasteiger partial charge in [0.25, 0.3) is 0 Å². The highest BCUT2D eigenvalue weighted by molar-refractivity contribution is 6.30. The van der Waals surface area contributed by atoms with Crippen molar-refractivity contribution in [3.8, 4) is 5.75 Å². The van der Waals surface area contributed by atoms with Crippen LogP contribution in [0.25, 0.3) is 0 Å². The molecule has 0 saturated heterocycles. The number of aliphatic hydroxyl groups excluding tert-OH is 1. The molecule has 0 aromatic heterocycles. The predicted octanol–water partition coefficient (Wildman–Crippen LogP) is 2.72. The lowest BCUT2D eigenvalue weighted by molar-refractivity contribution is 0.0150. The highest BCUT2D eigenvalue weighted by Crippen LogP contribution is 2.36. The molecular weight excluding hydrogens is 238 g/mol. The molecule has 96 valence electrons. The molecule has 0 amide bonds. The predicted molar refractivity (Wildman–Crippen MR) is 70.7 cm³/mol. The number of hydrogen-bond acceptors (Lipinski definition) is 3. The van der Waals surface area contributed by atoms with Gasteiger partial charge in [-0.3, -0.25) is 0 Å². The zero-order valence-electron chi connectivity index (χ0n) is 11.0. The molecule has 0 heterocycles. The van der Waals surface area contributed by atoms with Crippen molar-refractivity contribution >= 4 is 11.6 Å². The summed E-state index contributed by atoms with van der Waals surface area (Å²) in [6, 6.07) is 5.27. The number of benzene rings is 1. The summed E-state index contributed by atoms with van der Waals surface area (Å²) >= 11 is 5.97. The normalized spacial score (nSPS) is 13.9. The highest BCUT2D eigenvalue weighted by atomic mass is 35.5. The van der Waals surface area contributed by atoms with E-state index >= 15 is 0 Å². The van der Waals surface area contributed by atoms with E-state index in [2.05, 4.69) is 0 Å². The first-order chi connectivity index (χ1) is 7.80. The van der Waals surface area contributed by atoms with E-state index in [1.165, 1.54) is 0 Å². The van der Waals surface area contributed by atoms with Crippen LogP contribution in [0, 0.1) is 0 Å². The lowest BCUT2D eigenvalue weighted by Crippen LogP contribution is -2.43. The Kier molecular flexibility index (Phi) is 4.42. The third kappa shape index (κ3) is 2.92. The van der Waals surface area contributed by atoms with Crippen LogP contribution in [0.5, 0.6) is 5.75 Å². The van der Waals surface area contributed by atoms with Gasteiger partial charge >= 0.3 is 0 Å². The summed E-state index contributed by atoms with van der Waals surface area (Å²) in [7, 11) is 5.45. The average molecular weight is 258 g/mol. The summed E-state index contributed by atoms with van der Waals surface area (Å²) < 4.78 is 5.26. The lowest BCUT2D eigenvalue weighted by Gasteiger charge is -2.37. The second kappa shape index (κ2) is 5.25. The van der Waals surface area contributed by atoms with Crippen LogP contribution in [0.1, 0.15) is 25.5 Å². The monoisotopic (exact) mass is 257 g/mol. The minimum absolute atomic E-state index is 0.405. The summed E-state index contributed by atoms with van der Waals surface area (Å²) in [4.78, 5) is 1.97. The molecule has 0 aliphatic carbocycles. The van der Waals surface area contributed by atoms with Gasteiger partial charge in [-0.25, -0.2) is 0 Å². The Hall–Kier alpha value is -0.770. The van der Waals surface area contributed by atoms with E-state index in [-0.39, 0.29) is 0 Å². The van der Waals surface area contributed by atoms with Gasteiger partial charge in [-0.15, -0.1) is 0 Å². The zero-order chi connectivity index (χ0) is 13.2. The molecule has 1 aromatic rings. The highest BCUT2D eigenvalue weighted by Gasteiger charge is 2.33. The minimum atomic E-state index is -0.675. The number of hydrogen-bond donors (Lipinski definition) is 1. The maximum atomic E-state index is 10.5. The first-order valence-corrected chi connectivity index (χ1v) is 5.87. The summed E-state index contributed by atoms with van der Waals surface area (Å²) in [5.41, 5.74) is 0.302. The SMILES string of the molecule is COc1ccc(Cl)cc1C(O)C(C)(C)N(C)C. The standard InChI is InChI=1S/C13H20ClNO2/c1-13(2,15(3)4)12(16)10-8-9(14)6-7-11(10)17-5/h6-8,12,16H,1-5H3. The van der Waals surface area contributed by atoms with Crippen LogP contribution in [0.15, 0.2) is 18.2 Å². The van der Waals surface area contributed by atoms with Gasteiger partial charge in [-0.05, 0) is 46.1 Å².